The summed E-state index contributed by atoms with van der Waals surface area (Å²) in [5.41, 5.74) is 8.19. The van der Waals surface area contributed by atoms with Crippen molar-refractivity contribution in [2.75, 3.05) is 0 Å². The average Bonchev–Trinajstić information content (AvgIpc) is 2.41. The van der Waals surface area contributed by atoms with Gasteiger partial charge in [0.2, 0.25) is 0 Å². The van der Waals surface area contributed by atoms with Gasteiger partial charge >= 0.3 is 146 Å². The maximum atomic E-state index is 5.12. The minimum absolute atomic E-state index is 0.632. The van der Waals surface area contributed by atoms with Crippen LogP contribution in [0.2, 0.25) is 44.8 Å². The third-order valence-electron chi connectivity index (χ3n) is 1.27. The van der Waals surface area contributed by atoms with Crippen molar-refractivity contribution < 1.29 is 0 Å². The van der Waals surface area contributed by atoms with Gasteiger partial charge in [0, 0.05) is 0 Å². The van der Waals surface area contributed by atoms with Crippen LogP contribution in [-0.2, 0) is 0 Å². The fourth-order valence-electron chi connectivity index (χ4n) is 0.375. The van der Waals surface area contributed by atoms with E-state index in [1.165, 1.54) is 0 Å². The second-order valence-corrected chi connectivity index (χ2v) is 19.2. The first-order valence-corrected chi connectivity index (χ1v) is 25.6. The molecule has 0 spiro atoms. The Hall–Kier alpha value is 1.40. The molecule has 0 aliphatic rings. The summed E-state index contributed by atoms with van der Waals surface area (Å²) < 4.78 is 7.73. The Bertz CT molecular complexity index is 363. The molecule has 0 unspecified atom stereocenters. The maximum absolute atomic E-state index is 5.12. The zero-order chi connectivity index (χ0) is 19.2. The van der Waals surface area contributed by atoms with Crippen molar-refractivity contribution in [1.29, 1.82) is 0 Å². The molecule has 0 saturated carbocycles. The van der Waals surface area contributed by atoms with E-state index in [9.17, 15) is 0 Å². The molecule has 22 heavy (non-hydrogen) atoms. The Morgan fingerprint density at radius 3 is 1.09 bits per heavy atom. The van der Waals surface area contributed by atoms with E-state index < -0.39 is 16.1 Å². The van der Waals surface area contributed by atoms with Crippen LogP contribution in [0.3, 0.4) is 0 Å². The Morgan fingerprint density at radius 2 is 1.09 bits per heavy atom. The van der Waals surface area contributed by atoms with Crippen LogP contribution in [0.25, 0.3) is 0 Å². The van der Waals surface area contributed by atoms with Crippen LogP contribution in [0.1, 0.15) is 6.92 Å². The van der Waals surface area contributed by atoms with Crippen LogP contribution in [0, 0.1) is 32.9 Å². The molecule has 0 nitrogen and oxygen atoms in total. The van der Waals surface area contributed by atoms with Crippen molar-refractivity contribution in [1.82, 2.24) is 0 Å². The first kappa shape index (κ1) is 34.7. The second-order valence-electron chi connectivity index (χ2n) is 5.97. The van der Waals surface area contributed by atoms with E-state index >= 15 is 0 Å². The van der Waals surface area contributed by atoms with Gasteiger partial charge < -0.3 is 0 Å². The van der Waals surface area contributed by atoms with Crippen LogP contribution in [-0.4, -0.2) is 90.5 Å². The summed E-state index contributed by atoms with van der Waals surface area (Å²) in [6.45, 7) is 15.3. The molecular formula is C16H36Ga4Si2. The van der Waals surface area contributed by atoms with E-state index in [4.69, 9.17) is 6.42 Å². The van der Waals surface area contributed by atoms with Crippen LogP contribution in [0.15, 0.2) is 10.7 Å². The van der Waals surface area contributed by atoms with Gasteiger partial charge in [0.15, 0.2) is 0 Å². The molecule has 0 rings (SSSR count). The molecule has 0 aliphatic heterocycles. The van der Waals surface area contributed by atoms with E-state index in [0.717, 1.165) is 55.8 Å². The van der Waals surface area contributed by atoms with Gasteiger partial charge in [-0.25, -0.2) is 0 Å². The molecule has 0 aromatic carbocycles. The van der Waals surface area contributed by atoms with Crippen molar-refractivity contribution in [2.24, 2.45) is 0 Å². The minimum atomic E-state index is -1.10. The van der Waals surface area contributed by atoms with Gasteiger partial charge in [-0.05, 0) is 0 Å². The predicted octanol–water partition coefficient (Wildman–Crippen LogP) is 0.986. The molecule has 0 heterocycles. The number of rotatable bonds is 0. The van der Waals surface area contributed by atoms with E-state index in [2.05, 4.69) is 81.9 Å². The molecule has 0 aromatic heterocycles. The van der Waals surface area contributed by atoms with E-state index in [1.54, 1.807) is 0 Å². The zero-order valence-corrected chi connectivity index (χ0v) is 36.1. The average molecular weight is 564 g/mol. The topological polar surface area (TPSA) is 0 Å². The van der Waals surface area contributed by atoms with Gasteiger partial charge in [0.25, 0.3) is 0 Å². The Balaban J connectivity index is -0.0000000586. The Labute approximate surface area is 183 Å². The van der Waals surface area contributed by atoms with Crippen molar-refractivity contribution in [3.8, 4) is 32.9 Å². The first-order chi connectivity index (χ1) is 9.95. The van der Waals surface area contributed by atoms with Crippen molar-refractivity contribution in [3.05, 3.63) is 10.7 Å². The van der Waals surface area contributed by atoms with E-state index in [1.807, 2.05) is 6.92 Å². The second kappa shape index (κ2) is 27.3. The number of terminal acetylenes is 2. The molecule has 0 fully saturated rings. The molecular weight excluding hydrogens is 527 g/mol. The third kappa shape index (κ3) is 101. The SMILES string of the molecule is C#C[Si](C)(C)C.C#[C][GaH2].CC=[CH][GaH2].C[Si](C)(C)C#[C][GaH2].[CH3][GaH2]. The van der Waals surface area contributed by atoms with Crippen molar-refractivity contribution >= 4 is 90.5 Å². The van der Waals surface area contributed by atoms with Gasteiger partial charge in [0.1, 0.15) is 8.07 Å². The fraction of sp³-hybridized carbons (Fsp3) is 0.500. The van der Waals surface area contributed by atoms with Gasteiger partial charge in [-0.3, -0.25) is 0 Å². The fourth-order valence-corrected chi connectivity index (χ4v) is 5.85. The predicted molar refractivity (Wildman–Crippen MR) is 127 cm³/mol. The number of allylic oxidation sites excluding steroid dienone is 1. The number of hydrogen-bond acceptors (Lipinski definition) is 0. The van der Waals surface area contributed by atoms with Gasteiger partial charge in [-0.15, -0.1) is 12.0 Å². The van der Waals surface area contributed by atoms with Gasteiger partial charge in [-0.2, -0.15) is 0 Å². The first-order valence-electron chi connectivity index (χ1n) is 7.82. The molecule has 0 radical (unpaired) electrons. The van der Waals surface area contributed by atoms with E-state index in [-0.39, 0.29) is 0 Å². The van der Waals surface area contributed by atoms with Gasteiger partial charge in [-0.1, -0.05) is 19.6 Å². The van der Waals surface area contributed by atoms with Crippen molar-refractivity contribution in [3.63, 3.8) is 0 Å². The Morgan fingerprint density at radius 1 is 0.864 bits per heavy atom. The van der Waals surface area contributed by atoms with Crippen LogP contribution < -0.4 is 0 Å². The molecule has 0 bridgehead atoms. The summed E-state index contributed by atoms with van der Waals surface area (Å²) in [5.74, 6) is 0. The summed E-state index contributed by atoms with van der Waals surface area (Å²) in [6, 6.07) is 0. The summed E-state index contributed by atoms with van der Waals surface area (Å²) in [7, 11) is -2.07. The van der Waals surface area contributed by atoms with E-state index in [0.29, 0.717) is 18.6 Å². The summed E-state index contributed by atoms with van der Waals surface area (Å²) in [4.78, 5) is 0. The van der Waals surface area contributed by atoms with Crippen LogP contribution >= 0.6 is 0 Å². The molecule has 6 heteroatoms. The van der Waals surface area contributed by atoms with Crippen LogP contribution in [0.4, 0.5) is 0 Å². The van der Waals surface area contributed by atoms with Gasteiger partial charge in [0.05, 0.1) is 0 Å². The molecule has 0 N–H and O–H groups in total. The van der Waals surface area contributed by atoms with Crippen molar-refractivity contribution in [2.45, 2.75) is 51.7 Å². The normalized spacial score (nSPS) is 8.09. The van der Waals surface area contributed by atoms with Crippen LogP contribution in [0.5, 0.6) is 0 Å². The molecule has 0 atom stereocenters. The monoisotopic (exact) mass is 560 g/mol. The summed E-state index contributed by atoms with van der Waals surface area (Å²) in [6.07, 6.45) is 11.9. The molecule has 120 valence electrons. The quantitative estimate of drug-likeness (QED) is 0.305. The molecule has 0 amide bonds. The third-order valence-corrected chi connectivity index (χ3v) is 6.10. The molecule has 0 aliphatic carbocycles. The summed E-state index contributed by atoms with van der Waals surface area (Å²) >= 11 is 3.37. The molecule has 0 aromatic rings. The summed E-state index contributed by atoms with van der Waals surface area (Å²) in [5, 5.41) is 0. The Kier molecular flexibility index (Phi) is 43.0. The molecule has 0 saturated heterocycles. The zero-order valence-electron chi connectivity index (χ0n) is 17.3. The number of hydrogen-bond donors (Lipinski definition) is 0. The standard InChI is InChI=1S/C5H10Si.C5H9Si.C3H5.C2H.CH3.4Ga.8H/c2*1-5-6(2,3)4;1-3-2;1-2;;;;;;;;;;;;;/h1H,2-4H3;2-4H3;1,3H,2H3;1H;1H3;;;;;;;;;;;;.